The minimum absolute atomic E-state index is 0.0326. The van der Waals surface area contributed by atoms with E-state index in [4.69, 9.17) is 4.74 Å². The summed E-state index contributed by atoms with van der Waals surface area (Å²) in [6, 6.07) is 10.2. The first-order valence-corrected chi connectivity index (χ1v) is 6.88. The standard InChI is InChI=1S/C14H17N5O2/c20-14(13-9-16-18-17-13)15-8-12-10-19(6-7-21-12)11-4-2-1-3-5-11/h1-5,9,12H,6-8,10H2,(H,15,20)(H,16,17,18)/t12-/m1/s1. The van der Waals surface area contributed by atoms with Crippen molar-refractivity contribution in [2.45, 2.75) is 6.10 Å². The van der Waals surface area contributed by atoms with E-state index in [1.54, 1.807) is 0 Å². The van der Waals surface area contributed by atoms with E-state index in [0.29, 0.717) is 13.2 Å². The number of anilines is 1. The molecule has 1 fully saturated rings. The van der Waals surface area contributed by atoms with Crippen molar-refractivity contribution < 1.29 is 9.53 Å². The lowest BCUT2D eigenvalue weighted by Gasteiger charge is -2.34. The number of para-hydroxylation sites is 1. The number of aromatic amines is 1. The number of benzene rings is 1. The SMILES string of the molecule is O=C(NC[C@@H]1CN(c2ccccc2)CCO1)c1cn[nH]n1. The van der Waals surface area contributed by atoms with Gasteiger partial charge in [-0.15, -0.1) is 0 Å². The van der Waals surface area contributed by atoms with Crippen LogP contribution >= 0.6 is 0 Å². The van der Waals surface area contributed by atoms with Gasteiger partial charge in [-0.25, -0.2) is 0 Å². The molecule has 7 heteroatoms. The van der Waals surface area contributed by atoms with E-state index in [9.17, 15) is 4.79 Å². The third-order valence-electron chi connectivity index (χ3n) is 3.40. The molecule has 0 aliphatic carbocycles. The zero-order valence-corrected chi connectivity index (χ0v) is 11.5. The number of H-pyrrole nitrogens is 1. The molecule has 0 bridgehead atoms. The summed E-state index contributed by atoms with van der Waals surface area (Å²) < 4.78 is 5.70. The minimum Gasteiger partial charge on any atom is -0.373 e. The molecule has 21 heavy (non-hydrogen) atoms. The Balaban J connectivity index is 1.53. The van der Waals surface area contributed by atoms with Crippen molar-refractivity contribution >= 4 is 11.6 Å². The van der Waals surface area contributed by atoms with E-state index in [-0.39, 0.29) is 17.7 Å². The number of carbonyl (C=O) groups excluding carboxylic acids is 1. The number of morpholine rings is 1. The number of amides is 1. The average molecular weight is 287 g/mol. The van der Waals surface area contributed by atoms with E-state index in [0.717, 1.165) is 13.1 Å². The molecule has 0 unspecified atom stereocenters. The van der Waals surface area contributed by atoms with Crippen molar-refractivity contribution in [1.82, 2.24) is 20.7 Å². The van der Waals surface area contributed by atoms with Crippen LogP contribution in [0, 0.1) is 0 Å². The number of nitrogens with zero attached hydrogens (tertiary/aromatic N) is 3. The topological polar surface area (TPSA) is 83.1 Å². The van der Waals surface area contributed by atoms with E-state index in [2.05, 4.69) is 37.8 Å². The fourth-order valence-electron chi connectivity index (χ4n) is 2.32. The zero-order valence-electron chi connectivity index (χ0n) is 11.5. The smallest absolute Gasteiger partial charge is 0.273 e. The van der Waals surface area contributed by atoms with Gasteiger partial charge in [0.2, 0.25) is 0 Å². The van der Waals surface area contributed by atoms with Gasteiger partial charge in [0, 0.05) is 25.3 Å². The van der Waals surface area contributed by atoms with Crippen LogP contribution in [0.25, 0.3) is 0 Å². The van der Waals surface area contributed by atoms with Crippen molar-refractivity contribution in [3.05, 3.63) is 42.2 Å². The molecule has 1 aromatic heterocycles. The second-order valence-corrected chi connectivity index (χ2v) is 4.84. The van der Waals surface area contributed by atoms with Crippen LogP contribution in [0.2, 0.25) is 0 Å². The summed E-state index contributed by atoms with van der Waals surface area (Å²) in [6.07, 6.45) is 1.36. The predicted octanol–water partition coefficient (Wildman–Crippen LogP) is 0.440. The van der Waals surface area contributed by atoms with Crippen molar-refractivity contribution in [1.29, 1.82) is 0 Å². The zero-order chi connectivity index (χ0) is 14.5. The molecule has 0 spiro atoms. The van der Waals surface area contributed by atoms with Gasteiger partial charge in [0.25, 0.3) is 5.91 Å². The Morgan fingerprint density at radius 1 is 1.43 bits per heavy atom. The first-order valence-electron chi connectivity index (χ1n) is 6.88. The Morgan fingerprint density at radius 2 is 2.29 bits per heavy atom. The number of rotatable bonds is 4. The van der Waals surface area contributed by atoms with Gasteiger partial charge in [-0.2, -0.15) is 15.4 Å². The molecule has 1 atom stereocenters. The van der Waals surface area contributed by atoms with Crippen LogP contribution in [0.15, 0.2) is 36.5 Å². The lowest BCUT2D eigenvalue weighted by atomic mass is 10.2. The molecule has 110 valence electrons. The summed E-state index contributed by atoms with van der Waals surface area (Å²) in [7, 11) is 0. The molecule has 2 aromatic rings. The van der Waals surface area contributed by atoms with Crippen LogP contribution in [0.4, 0.5) is 5.69 Å². The van der Waals surface area contributed by atoms with Crippen LogP contribution in [-0.2, 0) is 4.74 Å². The number of nitrogens with one attached hydrogen (secondary N) is 2. The second kappa shape index (κ2) is 6.36. The van der Waals surface area contributed by atoms with Gasteiger partial charge in [-0.05, 0) is 12.1 Å². The van der Waals surface area contributed by atoms with E-state index in [1.807, 2.05) is 18.2 Å². The highest BCUT2D eigenvalue weighted by molar-refractivity contribution is 5.91. The Kier molecular flexibility index (Phi) is 4.11. The molecule has 1 aliphatic heterocycles. The number of ether oxygens (including phenoxy) is 1. The molecular formula is C14H17N5O2. The van der Waals surface area contributed by atoms with Gasteiger partial charge in [0.15, 0.2) is 5.69 Å². The van der Waals surface area contributed by atoms with Gasteiger partial charge in [0.05, 0.1) is 18.9 Å². The molecule has 2 N–H and O–H groups in total. The van der Waals surface area contributed by atoms with Crippen molar-refractivity contribution in [2.75, 3.05) is 31.1 Å². The van der Waals surface area contributed by atoms with Crippen LogP contribution in [-0.4, -0.2) is 53.7 Å². The first-order chi connectivity index (χ1) is 10.3. The number of aromatic nitrogens is 3. The molecule has 2 heterocycles. The van der Waals surface area contributed by atoms with Gasteiger partial charge in [-0.3, -0.25) is 4.79 Å². The molecule has 0 radical (unpaired) electrons. The fraction of sp³-hybridized carbons (Fsp3) is 0.357. The van der Waals surface area contributed by atoms with E-state index in [1.165, 1.54) is 11.9 Å². The Labute approximate surface area is 122 Å². The van der Waals surface area contributed by atoms with Gasteiger partial charge in [0.1, 0.15) is 0 Å². The summed E-state index contributed by atoms with van der Waals surface area (Å²) in [5, 5.41) is 12.6. The number of hydrogen-bond acceptors (Lipinski definition) is 5. The second-order valence-electron chi connectivity index (χ2n) is 4.84. The molecule has 7 nitrogen and oxygen atoms in total. The maximum Gasteiger partial charge on any atom is 0.273 e. The number of hydrogen-bond donors (Lipinski definition) is 2. The van der Waals surface area contributed by atoms with E-state index >= 15 is 0 Å². The predicted molar refractivity (Wildman–Crippen MR) is 77.1 cm³/mol. The highest BCUT2D eigenvalue weighted by atomic mass is 16.5. The first kappa shape index (κ1) is 13.6. The minimum atomic E-state index is -0.246. The van der Waals surface area contributed by atoms with E-state index < -0.39 is 0 Å². The Morgan fingerprint density at radius 3 is 3.05 bits per heavy atom. The third kappa shape index (κ3) is 3.38. The summed E-state index contributed by atoms with van der Waals surface area (Å²) in [5.74, 6) is -0.246. The fourth-order valence-corrected chi connectivity index (χ4v) is 2.32. The molecule has 1 amide bonds. The monoisotopic (exact) mass is 287 g/mol. The van der Waals surface area contributed by atoms with Gasteiger partial charge >= 0.3 is 0 Å². The summed E-state index contributed by atoms with van der Waals surface area (Å²) >= 11 is 0. The third-order valence-corrected chi connectivity index (χ3v) is 3.40. The Bertz CT molecular complexity index is 572. The quantitative estimate of drug-likeness (QED) is 0.852. The van der Waals surface area contributed by atoms with Crippen molar-refractivity contribution in [3.8, 4) is 0 Å². The maximum absolute atomic E-state index is 11.8. The van der Waals surface area contributed by atoms with Gasteiger partial charge < -0.3 is 15.0 Å². The molecular weight excluding hydrogens is 270 g/mol. The van der Waals surface area contributed by atoms with Crippen molar-refractivity contribution in [3.63, 3.8) is 0 Å². The summed E-state index contributed by atoms with van der Waals surface area (Å²) in [6.45, 7) is 2.72. The molecule has 1 aromatic carbocycles. The van der Waals surface area contributed by atoms with Crippen LogP contribution in [0.1, 0.15) is 10.5 Å². The van der Waals surface area contributed by atoms with Crippen molar-refractivity contribution in [2.24, 2.45) is 0 Å². The van der Waals surface area contributed by atoms with Gasteiger partial charge in [-0.1, -0.05) is 18.2 Å². The van der Waals surface area contributed by atoms with Crippen LogP contribution < -0.4 is 10.2 Å². The molecule has 1 saturated heterocycles. The lowest BCUT2D eigenvalue weighted by molar-refractivity contribution is 0.0396. The highest BCUT2D eigenvalue weighted by Crippen LogP contribution is 2.16. The number of carbonyl (C=O) groups is 1. The Hall–Kier alpha value is -2.41. The lowest BCUT2D eigenvalue weighted by Crippen LogP contribution is -2.47. The van der Waals surface area contributed by atoms with Crippen LogP contribution in [0.5, 0.6) is 0 Å². The highest BCUT2D eigenvalue weighted by Gasteiger charge is 2.21. The largest absolute Gasteiger partial charge is 0.373 e. The summed E-state index contributed by atoms with van der Waals surface area (Å²) in [4.78, 5) is 14.1. The maximum atomic E-state index is 11.8. The average Bonchev–Trinajstić information content (AvgIpc) is 3.08. The van der Waals surface area contributed by atoms with Crippen LogP contribution in [0.3, 0.4) is 0 Å². The summed E-state index contributed by atoms with van der Waals surface area (Å²) in [5.41, 5.74) is 1.46. The normalized spacial score (nSPS) is 18.5. The molecule has 0 saturated carbocycles. The molecule has 3 rings (SSSR count). The molecule has 1 aliphatic rings.